The van der Waals surface area contributed by atoms with Crippen molar-refractivity contribution in [3.8, 4) is 17.2 Å². The highest BCUT2D eigenvalue weighted by molar-refractivity contribution is 5.98. The van der Waals surface area contributed by atoms with Crippen LogP contribution >= 0.6 is 0 Å². The maximum atomic E-state index is 12.5. The van der Waals surface area contributed by atoms with Gasteiger partial charge in [-0.1, -0.05) is 0 Å². The Labute approximate surface area is 135 Å². The molecule has 0 saturated carbocycles. The molecule has 2 aromatic rings. The highest BCUT2D eigenvalue weighted by Gasteiger charge is 2.19. The van der Waals surface area contributed by atoms with Gasteiger partial charge in [0.25, 0.3) is 5.91 Å². The molecule has 0 saturated heterocycles. The monoisotopic (exact) mass is 319 g/mol. The van der Waals surface area contributed by atoms with Crippen LogP contribution in [0.1, 0.15) is 23.0 Å². The fourth-order valence-corrected chi connectivity index (χ4v) is 2.29. The molecule has 1 aromatic carbocycles. The van der Waals surface area contributed by atoms with Gasteiger partial charge in [0.15, 0.2) is 11.5 Å². The number of carbonyl (C=O) groups is 1. The number of amides is 1. The van der Waals surface area contributed by atoms with E-state index in [0.29, 0.717) is 29.2 Å². The maximum Gasteiger partial charge on any atom is 0.255 e. The van der Waals surface area contributed by atoms with Crippen LogP contribution in [-0.4, -0.2) is 33.3 Å². The molecule has 124 valence electrons. The lowest BCUT2D eigenvalue weighted by Crippen LogP contribution is -2.34. The van der Waals surface area contributed by atoms with Crippen molar-refractivity contribution in [1.29, 1.82) is 0 Å². The van der Waals surface area contributed by atoms with Gasteiger partial charge in [0.05, 0.1) is 33.2 Å². The number of rotatable bonds is 7. The Kier molecular flexibility index (Phi) is 5.51. The van der Waals surface area contributed by atoms with Crippen molar-refractivity contribution in [3.05, 3.63) is 41.9 Å². The van der Waals surface area contributed by atoms with Crippen molar-refractivity contribution >= 4 is 5.91 Å². The van der Waals surface area contributed by atoms with Gasteiger partial charge >= 0.3 is 0 Å². The molecular weight excluding hydrogens is 298 g/mol. The van der Waals surface area contributed by atoms with Crippen molar-refractivity contribution in [2.24, 2.45) is 0 Å². The number of hydrogen-bond donors (Lipinski definition) is 1. The minimum Gasteiger partial charge on any atom is -0.496 e. The van der Waals surface area contributed by atoms with E-state index in [1.54, 1.807) is 18.4 Å². The van der Waals surface area contributed by atoms with E-state index in [2.05, 4.69) is 5.32 Å². The first kappa shape index (κ1) is 16.7. The van der Waals surface area contributed by atoms with Gasteiger partial charge in [0.2, 0.25) is 0 Å². The van der Waals surface area contributed by atoms with E-state index in [1.165, 1.54) is 21.3 Å². The van der Waals surface area contributed by atoms with Crippen LogP contribution in [0.4, 0.5) is 0 Å². The molecule has 0 unspecified atom stereocenters. The van der Waals surface area contributed by atoms with Crippen LogP contribution in [0.5, 0.6) is 17.2 Å². The highest BCUT2D eigenvalue weighted by atomic mass is 16.5. The number of methoxy groups -OCH3 is 3. The Hall–Kier alpha value is -2.63. The van der Waals surface area contributed by atoms with E-state index < -0.39 is 0 Å². The number of furan rings is 1. The number of benzene rings is 1. The van der Waals surface area contributed by atoms with Crippen LogP contribution in [0.3, 0.4) is 0 Å². The standard InChI is InChI=1S/C17H21NO5/c1-11(8-12-6-5-7-23-12)18-17(19)13-9-15(21-3)16(22-4)10-14(13)20-2/h5-7,9-11H,8H2,1-4H3,(H,18,19)/t11-/m0/s1. The summed E-state index contributed by atoms with van der Waals surface area (Å²) in [6.45, 7) is 1.91. The van der Waals surface area contributed by atoms with E-state index >= 15 is 0 Å². The molecule has 23 heavy (non-hydrogen) atoms. The predicted octanol–water partition coefficient (Wildman–Crippen LogP) is 2.67. The molecular formula is C17H21NO5. The van der Waals surface area contributed by atoms with E-state index in [9.17, 15) is 4.79 Å². The van der Waals surface area contributed by atoms with Gasteiger partial charge in [0.1, 0.15) is 11.5 Å². The smallest absolute Gasteiger partial charge is 0.255 e. The van der Waals surface area contributed by atoms with E-state index in [0.717, 1.165) is 5.76 Å². The van der Waals surface area contributed by atoms with Gasteiger partial charge in [-0.2, -0.15) is 0 Å². The second kappa shape index (κ2) is 7.58. The second-order valence-electron chi connectivity index (χ2n) is 5.07. The second-order valence-corrected chi connectivity index (χ2v) is 5.07. The number of ether oxygens (including phenoxy) is 3. The van der Waals surface area contributed by atoms with Gasteiger partial charge in [-0.15, -0.1) is 0 Å². The van der Waals surface area contributed by atoms with Crippen molar-refractivity contribution in [2.45, 2.75) is 19.4 Å². The first-order valence-electron chi connectivity index (χ1n) is 7.22. The first-order valence-corrected chi connectivity index (χ1v) is 7.22. The summed E-state index contributed by atoms with van der Waals surface area (Å²) in [6.07, 6.45) is 2.22. The topological polar surface area (TPSA) is 69.9 Å². The van der Waals surface area contributed by atoms with Crippen LogP contribution < -0.4 is 19.5 Å². The summed E-state index contributed by atoms with van der Waals surface area (Å²) in [5, 5.41) is 2.92. The normalized spacial score (nSPS) is 11.7. The molecule has 0 radical (unpaired) electrons. The Morgan fingerprint density at radius 3 is 2.35 bits per heavy atom. The van der Waals surface area contributed by atoms with Gasteiger partial charge in [-0.3, -0.25) is 4.79 Å². The molecule has 1 amide bonds. The molecule has 6 nitrogen and oxygen atoms in total. The minimum absolute atomic E-state index is 0.0912. The predicted molar refractivity (Wildman–Crippen MR) is 85.4 cm³/mol. The Balaban J connectivity index is 2.17. The van der Waals surface area contributed by atoms with Crippen LogP contribution in [-0.2, 0) is 6.42 Å². The summed E-state index contributed by atoms with van der Waals surface area (Å²) >= 11 is 0. The van der Waals surface area contributed by atoms with Crippen molar-refractivity contribution in [3.63, 3.8) is 0 Å². The minimum atomic E-state index is -0.248. The van der Waals surface area contributed by atoms with Crippen LogP contribution in [0.2, 0.25) is 0 Å². The quantitative estimate of drug-likeness (QED) is 0.849. The van der Waals surface area contributed by atoms with Crippen LogP contribution in [0.25, 0.3) is 0 Å². The van der Waals surface area contributed by atoms with E-state index in [4.69, 9.17) is 18.6 Å². The van der Waals surface area contributed by atoms with Gasteiger partial charge in [-0.25, -0.2) is 0 Å². The molecule has 0 fully saturated rings. The lowest BCUT2D eigenvalue weighted by atomic mass is 10.1. The summed E-state index contributed by atoms with van der Waals surface area (Å²) in [6, 6.07) is 6.84. The third kappa shape index (κ3) is 3.97. The van der Waals surface area contributed by atoms with E-state index in [1.807, 2.05) is 19.1 Å². The van der Waals surface area contributed by atoms with Gasteiger partial charge < -0.3 is 23.9 Å². The lowest BCUT2D eigenvalue weighted by molar-refractivity contribution is 0.0935. The average molecular weight is 319 g/mol. The van der Waals surface area contributed by atoms with Crippen molar-refractivity contribution in [2.75, 3.05) is 21.3 Å². The zero-order chi connectivity index (χ0) is 16.8. The summed E-state index contributed by atoms with van der Waals surface area (Å²) in [4.78, 5) is 12.5. The largest absolute Gasteiger partial charge is 0.496 e. The molecule has 0 aliphatic heterocycles. The molecule has 1 heterocycles. The number of hydrogen-bond acceptors (Lipinski definition) is 5. The zero-order valence-corrected chi connectivity index (χ0v) is 13.7. The van der Waals surface area contributed by atoms with Crippen LogP contribution in [0, 0.1) is 0 Å². The van der Waals surface area contributed by atoms with Gasteiger partial charge in [0, 0.05) is 24.6 Å². The number of carbonyl (C=O) groups excluding carboxylic acids is 1. The van der Waals surface area contributed by atoms with E-state index in [-0.39, 0.29) is 11.9 Å². The molecule has 0 spiro atoms. The fraction of sp³-hybridized carbons (Fsp3) is 0.353. The molecule has 1 N–H and O–H groups in total. The maximum absolute atomic E-state index is 12.5. The van der Waals surface area contributed by atoms with Crippen molar-refractivity contribution < 1.29 is 23.4 Å². The molecule has 1 aromatic heterocycles. The van der Waals surface area contributed by atoms with Crippen molar-refractivity contribution in [1.82, 2.24) is 5.32 Å². The third-order valence-corrected chi connectivity index (χ3v) is 3.42. The summed E-state index contributed by atoms with van der Waals surface area (Å²) in [5.74, 6) is 1.96. The molecule has 1 atom stereocenters. The Morgan fingerprint density at radius 1 is 1.13 bits per heavy atom. The first-order chi connectivity index (χ1) is 11.1. The molecule has 0 bridgehead atoms. The summed E-state index contributed by atoms with van der Waals surface area (Å²) < 4.78 is 21.0. The SMILES string of the molecule is COc1cc(OC)c(C(=O)N[C@@H](C)Cc2ccco2)cc1OC. The lowest BCUT2D eigenvalue weighted by Gasteiger charge is -2.16. The molecule has 2 rings (SSSR count). The third-order valence-electron chi connectivity index (χ3n) is 3.42. The Morgan fingerprint density at radius 2 is 1.78 bits per heavy atom. The number of nitrogens with one attached hydrogen (secondary N) is 1. The summed E-state index contributed by atoms with van der Waals surface area (Å²) in [5.41, 5.74) is 0.386. The molecule has 0 aliphatic carbocycles. The molecule has 6 heteroatoms. The summed E-state index contributed by atoms with van der Waals surface area (Å²) in [7, 11) is 4.55. The zero-order valence-electron chi connectivity index (χ0n) is 13.7. The average Bonchev–Trinajstić information content (AvgIpc) is 3.05. The Bertz CT molecular complexity index is 651. The van der Waals surface area contributed by atoms with Crippen LogP contribution in [0.15, 0.2) is 34.9 Å². The highest BCUT2D eigenvalue weighted by Crippen LogP contribution is 2.34. The van der Waals surface area contributed by atoms with Gasteiger partial charge in [-0.05, 0) is 19.1 Å². The fourth-order valence-electron chi connectivity index (χ4n) is 2.29. The molecule has 0 aliphatic rings.